The molecule has 1 aliphatic carbocycles. The first kappa shape index (κ1) is 18.0. The lowest BCUT2D eigenvalue weighted by Crippen LogP contribution is -2.27. The Bertz CT molecular complexity index is 798. The third kappa shape index (κ3) is 5.08. The van der Waals surface area contributed by atoms with E-state index >= 15 is 0 Å². The maximum Gasteiger partial charge on any atom is 0.127 e. The van der Waals surface area contributed by atoms with E-state index in [2.05, 4.69) is 54.7 Å². The van der Waals surface area contributed by atoms with Gasteiger partial charge in [-0.2, -0.15) is 5.26 Å². The maximum atomic E-state index is 8.82. The van der Waals surface area contributed by atoms with Gasteiger partial charge in [0.1, 0.15) is 11.5 Å². The maximum absolute atomic E-state index is 8.82. The predicted molar refractivity (Wildman–Crippen MR) is 105 cm³/mol. The molecule has 2 unspecified atom stereocenters. The Morgan fingerprint density at radius 3 is 2.27 bits per heavy atom. The molecule has 0 aromatic heterocycles. The first-order chi connectivity index (χ1) is 12.7. The summed E-state index contributed by atoms with van der Waals surface area (Å²) >= 11 is 0. The van der Waals surface area contributed by atoms with Crippen molar-refractivity contribution in [3.8, 4) is 17.6 Å². The quantitative estimate of drug-likeness (QED) is 0.730. The first-order valence-corrected chi connectivity index (χ1v) is 9.07. The molecule has 2 atom stereocenters. The number of nitrogens with one attached hydrogen (secondary N) is 1. The molecule has 2 aromatic rings. The van der Waals surface area contributed by atoms with E-state index < -0.39 is 0 Å². The summed E-state index contributed by atoms with van der Waals surface area (Å²) in [6.07, 6.45) is 9.81. The van der Waals surface area contributed by atoms with Crippen molar-refractivity contribution in [1.82, 2.24) is 5.32 Å². The van der Waals surface area contributed by atoms with Gasteiger partial charge in [0.15, 0.2) is 0 Å². The Labute approximate surface area is 155 Å². The van der Waals surface area contributed by atoms with E-state index in [4.69, 9.17) is 10.00 Å². The molecule has 3 rings (SSSR count). The lowest BCUT2D eigenvalue weighted by atomic mass is 9.90. The van der Waals surface area contributed by atoms with Gasteiger partial charge in [0.05, 0.1) is 11.6 Å². The van der Waals surface area contributed by atoms with Crippen LogP contribution in [-0.2, 0) is 6.42 Å². The van der Waals surface area contributed by atoms with Gasteiger partial charge in [-0.05, 0) is 66.8 Å². The average Bonchev–Trinajstić information content (AvgIpc) is 2.68. The van der Waals surface area contributed by atoms with E-state index in [-0.39, 0.29) is 0 Å². The molecule has 26 heavy (non-hydrogen) atoms. The van der Waals surface area contributed by atoms with Crippen LogP contribution in [0.4, 0.5) is 0 Å². The van der Waals surface area contributed by atoms with Gasteiger partial charge in [-0.15, -0.1) is 0 Å². The smallest absolute Gasteiger partial charge is 0.127 e. The van der Waals surface area contributed by atoms with Crippen LogP contribution in [0.25, 0.3) is 0 Å². The third-order valence-electron chi connectivity index (χ3n) is 4.67. The van der Waals surface area contributed by atoms with Crippen LogP contribution >= 0.6 is 0 Å². The number of nitriles is 1. The van der Waals surface area contributed by atoms with Gasteiger partial charge in [0, 0.05) is 6.54 Å². The molecule has 0 aliphatic heterocycles. The molecule has 0 radical (unpaired) electrons. The van der Waals surface area contributed by atoms with Gasteiger partial charge in [-0.25, -0.2) is 0 Å². The van der Waals surface area contributed by atoms with Crippen molar-refractivity contribution in [2.45, 2.75) is 13.3 Å². The fourth-order valence-corrected chi connectivity index (χ4v) is 2.98. The van der Waals surface area contributed by atoms with Crippen molar-refractivity contribution in [2.75, 3.05) is 13.1 Å². The van der Waals surface area contributed by atoms with Crippen molar-refractivity contribution in [2.24, 2.45) is 11.8 Å². The number of hydrogen-bond acceptors (Lipinski definition) is 3. The van der Waals surface area contributed by atoms with Gasteiger partial charge in [-0.1, -0.05) is 43.4 Å². The lowest BCUT2D eigenvalue weighted by molar-refractivity contribution is 0.465. The van der Waals surface area contributed by atoms with Gasteiger partial charge in [0.25, 0.3) is 0 Å². The zero-order valence-electron chi connectivity index (χ0n) is 15.1. The van der Waals surface area contributed by atoms with Crippen LogP contribution in [0.1, 0.15) is 18.1 Å². The number of rotatable bonds is 7. The minimum atomic E-state index is 0.586. The minimum Gasteiger partial charge on any atom is -0.457 e. The number of ether oxygens (including phenoxy) is 1. The third-order valence-corrected chi connectivity index (χ3v) is 4.67. The van der Waals surface area contributed by atoms with E-state index in [9.17, 15) is 0 Å². The molecule has 2 aromatic carbocycles. The second-order valence-corrected chi connectivity index (χ2v) is 6.63. The second kappa shape index (κ2) is 9.03. The van der Waals surface area contributed by atoms with E-state index in [1.165, 1.54) is 5.56 Å². The molecule has 1 N–H and O–H groups in total. The Hall–Kier alpha value is -2.83. The Morgan fingerprint density at radius 1 is 0.962 bits per heavy atom. The van der Waals surface area contributed by atoms with E-state index in [0.29, 0.717) is 17.4 Å². The summed E-state index contributed by atoms with van der Waals surface area (Å²) in [4.78, 5) is 0. The van der Waals surface area contributed by atoms with Gasteiger partial charge >= 0.3 is 0 Å². The average molecular weight is 344 g/mol. The van der Waals surface area contributed by atoms with Crippen LogP contribution in [0, 0.1) is 23.2 Å². The van der Waals surface area contributed by atoms with Crippen LogP contribution in [0.3, 0.4) is 0 Å². The van der Waals surface area contributed by atoms with Gasteiger partial charge in [0.2, 0.25) is 0 Å². The van der Waals surface area contributed by atoms with Crippen molar-refractivity contribution < 1.29 is 4.74 Å². The van der Waals surface area contributed by atoms with Crippen LogP contribution in [0.15, 0.2) is 72.8 Å². The van der Waals surface area contributed by atoms with Crippen LogP contribution in [0.5, 0.6) is 11.5 Å². The molecule has 1 aliphatic rings. The molecular formula is C23H24N2O. The van der Waals surface area contributed by atoms with Crippen molar-refractivity contribution in [3.63, 3.8) is 0 Å². The molecule has 3 heteroatoms. The largest absolute Gasteiger partial charge is 0.457 e. The Morgan fingerprint density at radius 2 is 1.62 bits per heavy atom. The van der Waals surface area contributed by atoms with Crippen molar-refractivity contribution in [1.29, 1.82) is 5.26 Å². The summed E-state index contributed by atoms with van der Waals surface area (Å²) in [5.74, 6) is 2.73. The highest BCUT2D eigenvalue weighted by Gasteiger charge is 2.12. The molecular weight excluding hydrogens is 320 g/mol. The summed E-state index contributed by atoms with van der Waals surface area (Å²) in [6, 6.07) is 17.4. The topological polar surface area (TPSA) is 45.0 Å². The van der Waals surface area contributed by atoms with Gasteiger partial charge < -0.3 is 10.1 Å². The molecule has 0 spiro atoms. The van der Waals surface area contributed by atoms with Crippen molar-refractivity contribution >= 4 is 0 Å². The highest BCUT2D eigenvalue weighted by Crippen LogP contribution is 2.22. The minimum absolute atomic E-state index is 0.586. The second-order valence-electron chi connectivity index (χ2n) is 6.63. The Kier molecular flexibility index (Phi) is 6.24. The SMILES string of the molecule is CC1C=CC=CC1CNCCc1ccc(Oc2ccc(C#N)cc2)cc1. The predicted octanol–water partition coefficient (Wildman–Crippen LogP) is 4.86. The molecule has 3 nitrogen and oxygen atoms in total. The lowest BCUT2D eigenvalue weighted by Gasteiger charge is -2.20. The monoisotopic (exact) mass is 344 g/mol. The molecule has 0 saturated carbocycles. The number of hydrogen-bond donors (Lipinski definition) is 1. The van der Waals surface area contributed by atoms with Crippen LogP contribution < -0.4 is 10.1 Å². The number of nitrogens with zero attached hydrogens (tertiary/aromatic N) is 1. The van der Waals surface area contributed by atoms with Crippen molar-refractivity contribution in [3.05, 3.63) is 84.0 Å². The molecule has 0 saturated heterocycles. The van der Waals surface area contributed by atoms with E-state index in [1.807, 2.05) is 24.3 Å². The fraction of sp³-hybridized carbons (Fsp3) is 0.261. The fourth-order valence-electron chi connectivity index (χ4n) is 2.98. The highest BCUT2D eigenvalue weighted by molar-refractivity contribution is 5.38. The zero-order valence-corrected chi connectivity index (χ0v) is 15.1. The zero-order chi connectivity index (χ0) is 18.2. The normalized spacial score (nSPS) is 18.5. The summed E-state index contributed by atoms with van der Waals surface area (Å²) in [7, 11) is 0. The molecule has 132 valence electrons. The molecule has 0 fully saturated rings. The van der Waals surface area contributed by atoms with Crippen LogP contribution in [0.2, 0.25) is 0 Å². The summed E-state index contributed by atoms with van der Waals surface area (Å²) in [5, 5.41) is 12.4. The summed E-state index contributed by atoms with van der Waals surface area (Å²) in [5.41, 5.74) is 1.92. The standard InChI is InChI=1S/C23H24N2O/c1-18-4-2-3-5-21(18)17-25-15-14-19-6-10-22(11-7-19)26-23-12-8-20(16-24)9-13-23/h2-13,18,21,25H,14-15,17H2,1H3. The molecule has 0 bridgehead atoms. The van der Waals surface area contributed by atoms with Gasteiger partial charge in [-0.3, -0.25) is 0 Å². The van der Waals surface area contributed by atoms with Crippen LogP contribution in [-0.4, -0.2) is 13.1 Å². The molecule has 0 heterocycles. The first-order valence-electron chi connectivity index (χ1n) is 9.07. The van der Waals surface area contributed by atoms with E-state index in [1.54, 1.807) is 12.1 Å². The summed E-state index contributed by atoms with van der Waals surface area (Å²) in [6.45, 7) is 4.25. The number of allylic oxidation sites excluding steroid dienone is 3. The van der Waals surface area contributed by atoms with E-state index in [0.717, 1.165) is 31.0 Å². The highest BCUT2D eigenvalue weighted by atomic mass is 16.5. The number of benzene rings is 2. The molecule has 0 amide bonds. The summed E-state index contributed by atoms with van der Waals surface area (Å²) < 4.78 is 5.81. The Balaban J connectivity index is 1.43.